The first-order chi connectivity index (χ1) is 15.2. The maximum Gasteiger partial charge on any atom is 0.265 e. The van der Waals surface area contributed by atoms with Crippen molar-refractivity contribution in [3.8, 4) is 11.5 Å². The number of nitrogens with one attached hydrogen (secondary N) is 1. The molecule has 0 unspecified atom stereocenters. The number of Topliss-reactive ketones (excluding diaryl/α,β-unsaturated/α-hetero) is 1. The Labute approximate surface area is 188 Å². The molecule has 7 nitrogen and oxygen atoms in total. The van der Waals surface area contributed by atoms with Gasteiger partial charge < -0.3 is 14.8 Å². The fourth-order valence-electron chi connectivity index (χ4n) is 3.28. The number of anilines is 1. The van der Waals surface area contributed by atoms with Crippen molar-refractivity contribution in [2.45, 2.75) is 34.1 Å². The van der Waals surface area contributed by atoms with Gasteiger partial charge in [-0.15, -0.1) is 0 Å². The first kappa shape index (κ1) is 23.3. The summed E-state index contributed by atoms with van der Waals surface area (Å²) in [5, 5.41) is 2.84. The molecule has 0 atom stereocenters. The number of ketones is 1. The first-order valence-electron chi connectivity index (χ1n) is 10.8. The second-order valence-corrected chi connectivity index (χ2v) is 8.44. The Morgan fingerprint density at radius 1 is 1.12 bits per heavy atom. The highest BCUT2D eigenvalue weighted by molar-refractivity contribution is 6.04. The highest BCUT2D eigenvalue weighted by atomic mass is 16.5. The lowest BCUT2D eigenvalue weighted by atomic mass is 10.1. The minimum atomic E-state index is -0.326. The van der Waals surface area contributed by atoms with E-state index in [1.54, 1.807) is 18.2 Å². The van der Waals surface area contributed by atoms with Gasteiger partial charge in [0.05, 0.1) is 5.69 Å². The Hall–Kier alpha value is -3.35. The Bertz CT molecular complexity index is 1020. The highest BCUT2D eigenvalue weighted by Gasteiger charge is 2.28. The molecule has 32 heavy (non-hydrogen) atoms. The van der Waals surface area contributed by atoms with Crippen LogP contribution in [0.5, 0.6) is 11.5 Å². The molecule has 0 aliphatic carbocycles. The number of ether oxygens (including phenoxy) is 2. The topological polar surface area (TPSA) is 84.9 Å². The SMILES string of the molecule is Cc1ccc(OCC(=O)c2ccc3c(c2)N(CC(=O)NCCC(C)C)C(=O)CO3)cc1C. The maximum atomic E-state index is 12.7. The third kappa shape index (κ3) is 5.87. The third-order valence-electron chi connectivity index (χ3n) is 5.42. The zero-order valence-corrected chi connectivity index (χ0v) is 19.1. The van der Waals surface area contributed by atoms with Gasteiger partial charge in [-0.25, -0.2) is 0 Å². The Morgan fingerprint density at radius 3 is 2.62 bits per heavy atom. The van der Waals surface area contributed by atoms with Gasteiger partial charge in [0.2, 0.25) is 5.91 Å². The van der Waals surface area contributed by atoms with Crippen molar-refractivity contribution >= 4 is 23.3 Å². The summed E-state index contributed by atoms with van der Waals surface area (Å²) in [6.45, 7) is 8.31. The Morgan fingerprint density at radius 2 is 1.91 bits per heavy atom. The van der Waals surface area contributed by atoms with E-state index in [2.05, 4.69) is 19.2 Å². The van der Waals surface area contributed by atoms with Crippen LogP contribution in [0.2, 0.25) is 0 Å². The molecule has 0 saturated carbocycles. The molecule has 7 heteroatoms. The van der Waals surface area contributed by atoms with Crippen LogP contribution in [0.25, 0.3) is 0 Å². The van der Waals surface area contributed by atoms with Crippen LogP contribution in [0.3, 0.4) is 0 Å². The molecule has 0 spiro atoms. The molecular weight excluding hydrogens is 408 g/mol. The predicted octanol–water partition coefficient (Wildman–Crippen LogP) is 3.45. The van der Waals surface area contributed by atoms with Crippen LogP contribution in [0.1, 0.15) is 41.8 Å². The lowest BCUT2D eigenvalue weighted by Gasteiger charge is -2.29. The van der Waals surface area contributed by atoms with Gasteiger partial charge in [-0.2, -0.15) is 0 Å². The number of fused-ring (bicyclic) bond motifs is 1. The molecule has 2 aromatic carbocycles. The summed E-state index contributed by atoms with van der Waals surface area (Å²) in [5.74, 6) is 0.754. The van der Waals surface area contributed by atoms with Crippen molar-refractivity contribution in [1.29, 1.82) is 0 Å². The van der Waals surface area contributed by atoms with Crippen molar-refractivity contribution in [3.05, 3.63) is 53.1 Å². The van der Waals surface area contributed by atoms with E-state index < -0.39 is 0 Å². The fourth-order valence-corrected chi connectivity index (χ4v) is 3.28. The van der Waals surface area contributed by atoms with Gasteiger partial charge in [-0.3, -0.25) is 19.3 Å². The number of hydrogen-bond donors (Lipinski definition) is 1. The molecule has 0 aromatic heterocycles. The van der Waals surface area contributed by atoms with Crippen molar-refractivity contribution in [2.75, 3.05) is 31.2 Å². The number of carbonyl (C=O) groups is 3. The largest absolute Gasteiger partial charge is 0.485 e. The molecule has 0 saturated heterocycles. The molecule has 3 rings (SSSR count). The number of nitrogens with zero attached hydrogens (tertiary/aromatic N) is 1. The second kappa shape index (κ2) is 10.3. The average Bonchev–Trinajstić information content (AvgIpc) is 2.75. The summed E-state index contributed by atoms with van der Waals surface area (Å²) in [7, 11) is 0. The van der Waals surface area contributed by atoms with E-state index >= 15 is 0 Å². The summed E-state index contributed by atoms with van der Waals surface area (Å²) in [5.41, 5.74) is 3.03. The molecule has 2 amide bonds. The normalized spacial score (nSPS) is 12.9. The van der Waals surface area contributed by atoms with Crippen LogP contribution >= 0.6 is 0 Å². The number of hydrogen-bond acceptors (Lipinski definition) is 5. The monoisotopic (exact) mass is 438 g/mol. The Kier molecular flexibility index (Phi) is 7.51. The smallest absolute Gasteiger partial charge is 0.265 e. The maximum absolute atomic E-state index is 12.7. The summed E-state index contributed by atoms with van der Waals surface area (Å²) in [4.78, 5) is 38.9. The minimum absolute atomic E-state index is 0.121. The van der Waals surface area contributed by atoms with E-state index in [4.69, 9.17) is 9.47 Å². The van der Waals surface area contributed by atoms with E-state index in [0.29, 0.717) is 35.2 Å². The van der Waals surface area contributed by atoms with E-state index in [-0.39, 0.29) is 37.4 Å². The van der Waals surface area contributed by atoms with Crippen molar-refractivity contribution in [3.63, 3.8) is 0 Å². The number of rotatable bonds is 9. The van der Waals surface area contributed by atoms with Gasteiger partial charge in [0.1, 0.15) is 18.0 Å². The van der Waals surface area contributed by atoms with Gasteiger partial charge >= 0.3 is 0 Å². The van der Waals surface area contributed by atoms with Crippen LogP contribution in [0.15, 0.2) is 36.4 Å². The van der Waals surface area contributed by atoms with Crippen LogP contribution in [-0.4, -0.2) is 43.9 Å². The molecule has 0 fully saturated rings. The average molecular weight is 439 g/mol. The third-order valence-corrected chi connectivity index (χ3v) is 5.42. The molecular formula is C25H30N2O5. The van der Waals surface area contributed by atoms with E-state index in [1.165, 1.54) is 4.90 Å². The van der Waals surface area contributed by atoms with Gasteiger partial charge in [-0.05, 0) is 67.6 Å². The minimum Gasteiger partial charge on any atom is -0.485 e. The van der Waals surface area contributed by atoms with Crippen molar-refractivity contribution in [2.24, 2.45) is 5.92 Å². The number of carbonyl (C=O) groups excluding carboxylic acids is 3. The summed E-state index contributed by atoms with van der Waals surface area (Å²) in [6, 6.07) is 10.5. The molecule has 1 heterocycles. The van der Waals surface area contributed by atoms with Crippen molar-refractivity contribution < 1.29 is 23.9 Å². The number of benzene rings is 2. The van der Waals surface area contributed by atoms with E-state index in [9.17, 15) is 14.4 Å². The molecule has 0 bridgehead atoms. The highest BCUT2D eigenvalue weighted by Crippen LogP contribution is 2.33. The summed E-state index contributed by atoms with van der Waals surface area (Å²) < 4.78 is 11.1. The zero-order chi connectivity index (χ0) is 23.3. The lowest BCUT2D eigenvalue weighted by molar-refractivity contribution is -0.125. The van der Waals surface area contributed by atoms with Gasteiger partial charge in [0, 0.05) is 12.1 Å². The summed E-state index contributed by atoms with van der Waals surface area (Å²) in [6.07, 6.45) is 0.860. The number of aryl methyl sites for hydroxylation is 2. The van der Waals surface area contributed by atoms with Crippen LogP contribution < -0.4 is 19.7 Å². The second-order valence-electron chi connectivity index (χ2n) is 8.44. The van der Waals surface area contributed by atoms with E-state index in [0.717, 1.165) is 17.5 Å². The Balaban J connectivity index is 1.69. The molecule has 1 aliphatic rings. The van der Waals surface area contributed by atoms with E-state index in [1.807, 2.05) is 32.0 Å². The fraction of sp³-hybridized carbons (Fsp3) is 0.400. The summed E-state index contributed by atoms with van der Waals surface area (Å²) >= 11 is 0. The molecule has 1 N–H and O–H groups in total. The standard InChI is InChI=1S/C25H30N2O5/c1-16(2)9-10-26-24(29)13-27-21-12-19(6-8-23(21)32-15-25(27)30)22(28)14-31-20-7-5-17(3)18(4)11-20/h5-8,11-12,16H,9-10,13-15H2,1-4H3,(H,26,29). The van der Waals surface area contributed by atoms with Gasteiger partial charge in [0.15, 0.2) is 19.0 Å². The molecule has 0 radical (unpaired) electrons. The molecule has 2 aromatic rings. The van der Waals surface area contributed by atoms with Crippen LogP contribution in [0, 0.1) is 19.8 Å². The van der Waals surface area contributed by atoms with Crippen molar-refractivity contribution in [1.82, 2.24) is 5.32 Å². The molecule has 170 valence electrons. The lowest BCUT2D eigenvalue weighted by Crippen LogP contribution is -2.45. The van der Waals surface area contributed by atoms with Gasteiger partial charge in [-0.1, -0.05) is 19.9 Å². The zero-order valence-electron chi connectivity index (χ0n) is 19.1. The quantitative estimate of drug-likeness (QED) is 0.606. The van der Waals surface area contributed by atoms with Crippen LogP contribution in [-0.2, 0) is 9.59 Å². The first-order valence-corrected chi connectivity index (χ1v) is 10.8. The molecule has 1 aliphatic heterocycles. The van der Waals surface area contributed by atoms with Gasteiger partial charge in [0.25, 0.3) is 5.91 Å². The number of amides is 2. The predicted molar refractivity (Wildman–Crippen MR) is 122 cm³/mol. The van der Waals surface area contributed by atoms with Crippen LogP contribution in [0.4, 0.5) is 5.69 Å².